The Balaban J connectivity index is 1.51. The first-order valence-electron chi connectivity index (χ1n) is 17.9. The van der Waals surface area contributed by atoms with E-state index < -0.39 is 0 Å². The third-order valence-electron chi connectivity index (χ3n) is 13.1. The zero-order chi connectivity index (χ0) is 30.0. The van der Waals surface area contributed by atoms with Crippen LogP contribution in [-0.2, 0) is 10.8 Å². The van der Waals surface area contributed by atoms with Gasteiger partial charge in [-0.1, -0.05) is 124 Å². The smallest absolute Gasteiger partial charge is 0.0500 e. The highest BCUT2D eigenvalue weighted by molar-refractivity contribution is 6.13. The lowest BCUT2D eigenvalue weighted by atomic mass is 9.50. The van der Waals surface area contributed by atoms with Crippen LogP contribution in [0.5, 0.6) is 0 Å². The first-order valence-corrected chi connectivity index (χ1v) is 17.9. The van der Waals surface area contributed by atoms with Gasteiger partial charge in [0.1, 0.15) is 0 Å². The van der Waals surface area contributed by atoms with Crippen molar-refractivity contribution in [1.29, 1.82) is 0 Å². The minimum absolute atomic E-state index is 0.0734. The van der Waals surface area contributed by atoms with E-state index in [2.05, 4.69) is 95.3 Å². The van der Waals surface area contributed by atoms with E-state index in [-0.39, 0.29) is 10.8 Å². The molecule has 4 aromatic carbocycles. The summed E-state index contributed by atoms with van der Waals surface area (Å²) in [5.41, 5.74) is 15.9. The molecule has 5 aliphatic carbocycles. The first kappa shape index (κ1) is 27.2. The molecule has 9 rings (SSSR count). The molecular weight excluding hydrogens is 528 g/mol. The quantitative estimate of drug-likeness (QED) is 0.223. The van der Waals surface area contributed by atoms with E-state index in [1.807, 2.05) is 5.57 Å². The SMILES string of the molecule is CC1=CC(C)=C(C2CCCCC2)C2(c3cc4ccccc4c4c3-c3c2ccc2cc(C)cc(c32)C4(C)C)C1C1CCCCC1. The molecule has 224 valence electrons. The van der Waals surface area contributed by atoms with Crippen LogP contribution >= 0.6 is 0 Å². The Morgan fingerprint density at radius 3 is 2.16 bits per heavy atom. The molecule has 2 saturated carbocycles. The van der Waals surface area contributed by atoms with Gasteiger partial charge in [-0.05, 0) is 125 Å². The van der Waals surface area contributed by atoms with Crippen LogP contribution in [0.3, 0.4) is 0 Å². The molecule has 1 spiro atoms. The monoisotopic (exact) mass is 576 g/mol. The van der Waals surface area contributed by atoms with Crippen molar-refractivity contribution in [2.75, 3.05) is 0 Å². The van der Waals surface area contributed by atoms with Gasteiger partial charge in [0.05, 0.1) is 0 Å². The number of aryl methyl sites for hydroxylation is 1. The Kier molecular flexibility index (Phi) is 5.84. The fraction of sp³-hybridized carbons (Fsp3) is 0.455. The molecule has 2 atom stereocenters. The van der Waals surface area contributed by atoms with Gasteiger partial charge in [0, 0.05) is 16.7 Å². The molecule has 0 bridgehead atoms. The van der Waals surface area contributed by atoms with Gasteiger partial charge in [-0.3, -0.25) is 0 Å². The van der Waals surface area contributed by atoms with E-state index in [0.29, 0.717) is 11.8 Å². The maximum atomic E-state index is 2.71. The maximum Gasteiger partial charge on any atom is 0.0500 e. The van der Waals surface area contributed by atoms with Crippen molar-refractivity contribution in [2.24, 2.45) is 17.8 Å². The largest absolute Gasteiger partial charge is 0.0681 e. The van der Waals surface area contributed by atoms with Crippen LogP contribution in [0.2, 0.25) is 0 Å². The average Bonchev–Trinajstić information content (AvgIpc) is 3.29. The number of hydrogen-bond acceptors (Lipinski definition) is 0. The van der Waals surface area contributed by atoms with Crippen molar-refractivity contribution < 1.29 is 0 Å². The summed E-state index contributed by atoms with van der Waals surface area (Å²) in [5.74, 6) is 1.95. The molecule has 0 amide bonds. The summed E-state index contributed by atoms with van der Waals surface area (Å²) in [4.78, 5) is 0. The van der Waals surface area contributed by atoms with Gasteiger partial charge < -0.3 is 0 Å². The van der Waals surface area contributed by atoms with Crippen LogP contribution in [-0.4, -0.2) is 0 Å². The van der Waals surface area contributed by atoms with Crippen LogP contribution in [0.25, 0.3) is 32.7 Å². The highest BCUT2D eigenvalue weighted by Crippen LogP contribution is 2.69. The minimum atomic E-state index is -0.0762. The predicted molar refractivity (Wildman–Crippen MR) is 188 cm³/mol. The molecule has 0 aromatic heterocycles. The predicted octanol–water partition coefficient (Wildman–Crippen LogP) is 12.3. The summed E-state index contributed by atoms with van der Waals surface area (Å²) in [6.45, 7) is 12.4. The topological polar surface area (TPSA) is 0 Å². The van der Waals surface area contributed by atoms with Crippen molar-refractivity contribution in [3.8, 4) is 11.1 Å². The Morgan fingerprint density at radius 1 is 0.659 bits per heavy atom. The highest BCUT2D eigenvalue weighted by atomic mass is 14.6. The number of hydrogen-bond donors (Lipinski definition) is 0. The third-order valence-corrected chi connectivity index (χ3v) is 13.1. The van der Waals surface area contributed by atoms with Gasteiger partial charge in [0.25, 0.3) is 0 Å². The number of fused-ring (bicyclic) bond motifs is 4. The molecule has 0 heterocycles. The fourth-order valence-corrected chi connectivity index (χ4v) is 11.7. The molecule has 0 nitrogen and oxygen atoms in total. The van der Waals surface area contributed by atoms with Gasteiger partial charge >= 0.3 is 0 Å². The summed E-state index contributed by atoms with van der Waals surface area (Å²) in [6.07, 6.45) is 16.5. The molecule has 2 unspecified atom stereocenters. The van der Waals surface area contributed by atoms with E-state index in [9.17, 15) is 0 Å². The van der Waals surface area contributed by atoms with Gasteiger partial charge in [-0.15, -0.1) is 0 Å². The second-order valence-electron chi connectivity index (χ2n) is 15.9. The summed E-state index contributed by atoms with van der Waals surface area (Å²) >= 11 is 0. The fourth-order valence-electron chi connectivity index (χ4n) is 11.7. The molecule has 5 aliphatic rings. The lowest BCUT2D eigenvalue weighted by Gasteiger charge is -2.52. The Morgan fingerprint density at radius 2 is 1.39 bits per heavy atom. The molecule has 0 radical (unpaired) electrons. The van der Waals surface area contributed by atoms with Crippen LogP contribution in [0.4, 0.5) is 0 Å². The Hall–Kier alpha value is -3.12. The number of benzene rings is 4. The number of rotatable bonds is 2. The molecule has 0 heteroatoms. The second kappa shape index (κ2) is 9.45. The summed E-state index contributed by atoms with van der Waals surface area (Å²) in [6, 6.07) is 22.2. The summed E-state index contributed by atoms with van der Waals surface area (Å²) in [7, 11) is 0. The van der Waals surface area contributed by atoms with E-state index in [0.717, 1.165) is 5.92 Å². The van der Waals surface area contributed by atoms with E-state index >= 15 is 0 Å². The lowest BCUT2D eigenvalue weighted by molar-refractivity contribution is 0.204. The first-order chi connectivity index (χ1) is 21.3. The summed E-state index contributed by atoms with van der Waals surface area (Å²) in [5, 5.41) is 5.88. The Bertz CT molecular complexity index is 1930. The molecule has 0 N–H and O–H groups in total. The van der Waals surface area contributed by atoms with Crippen molar-refractivity contribution in [1.82, 2.24) is 0 Å². The standard InChI is InChI=1S/C44H48/c1-26-22-32-20-21-34-38-37(32)35(23-26)43(4,5)42-33-19-13-12-18-31(33)25-36(39(38)42)44(34)40(29-14-8-6-9-15-29)27(2)24-28(3)41(44)30-16-10-7-11-17-30/h12-13,18-25,29-30,40H,6-11,14-17H2,1-5H3. The van der Waals surface area contributed by atoms with Gasteiger partial charge in [-0.2, -0.15) is 0 Å². The highest BCUT2D eigenvalue weighted by Gasteiger charge is 2.59. The third kappa shape index (κ3) is 3.36. The molecule has 0 saturated heterocycles. The van der Waals surface area contributed by atoms with Gasteiger partial charge in [0.2, 0.25) is 0 Å². The van der Waals surface area contributed by atoms with Crippen LogP contribution in [0.1, 0.15) is 120 Å². The van der Waals surface area contributed by atoms with Crippen LogP contribution < -0.4 is 0 Å². The average molecular weight is 577 g/mol. The number of allylic oxidation sites excluding steroid dienone is 4. The molecule has 44 heavy (non-hydrogen) atoms. The van der Waals surface area contributed by atoms with Crippen molar-refractivity contribution in [3.05, 3.63) is 105 Å². The van der Waals surface area contributed by atoms with Crippen LogP contribution in [0.15, 0.2) is 77.4 Å². The zero-order valence-corrected chi connectivity index (χ0v) is 27.6. The Labute approximate surface area is 264 Å². The van der Waals surface area contributed by atoms with E-state index in [1.165, 1.54) is 91.5 Å². The van der Waals surface area contributed by atoms with E-state index in [1.54, 1.807) is 44.3 Å². The second-order valence-corrected chi connectivity index (χ2v) is 15.9. The normalized spacial score (nSPS) is 26.2. The molecule has 0 aliphatic heterocycles. The van der Waals surface area contributed by atoms with Crippen molar-refractivity contribution in [2.45, 2.75) is 110 Å². The summed E-state index contributed by atoms with van der Waals surface area (Å²) < 4.78 is 0. The lowest BCUT2D eigenvalue weighted by Crippen LogP contribution is -2.46. The molecule has 4 aromatic rings. The molecular formula is C44H48. The van der Waals surface area contributed by atoms with Gasteiger partial charge in [-0.25, -0.2) is 0 Å². The van der Waals surface area contributed by atoms with Gasteiger partial charge in [0.15, 0.2) is 0 Å². The van der Waals surface area contributed by atoms with E-state index in [4.69, 9.17) is 0 Å². The molecule has 2 fully saturated rings. The van der Waals surface area contributed by atoms with Crippen molar-refractivity contribution >= 4 is 21.5 Å². The zero-order valence-electron chi connectivity index (χ0n) is 27.6. The van der Waals surface area contributed by atoms with Crippen molar-refractivity contribution in [3.63, 3.8) is 0 Å². The maximum absolute atomic E-state index is 2.71. The minimum Gasteiger partial charge on any atom is -0.0681 e. The van der Waals surface area contributed by atoms with Crippen LogP contribution in [0, 0.1) is 24.7 Å².